The Bertz CT molecular complexity index is 302. The minimum Gasteiger partial charge on any atom is -0.311 e. The first-order valence-electron chi connectivity index (χ1n) is 4.41. The third kappa shape index (κ3) is 3.03. The molecule has 4 heteroatoms. The zero-order chi connectivity index (χ0) is 10.6. The van der Waals surface area contributed by atoms with E-state index in [0.717, 1.165) is 0 Å². The van der Waals surface area contributed by atoms with Crippen LogP contribution in [0.2, 0.25) is 0 Å². The summed E-state index contributed by atoms with van der Waals surface area (Å²) in [4.78, 5) is 0. The van der Waals surface area contributed by atoms with Crippen molar-refractivity contribution in [2.24, 2.45) is 0 Å². The van der Waals surface area contributed by atoms with E-state index in [-0.39, 0.29) is 12.1 Å². The van der Waals surface area contributed by atoms with Crippen LogP contribution in [0.15, 0.2) is 28.7 Å². The number of benzene rings is 1. The molecule has 0 aliphatic carbocycles. The minimum absolute atomic E-state index is 0.0350. The monoisotopic (exact) mass is 263 g/mol. The van der Waals surface area contributed by atoms with Gasteiger partial charge in [0.15, 0.2) is 0 Å². The van der Waals surface area contributed by atoms with Crippen LogP contribution in [-0.4, -0.2) is 13.1 Å². The summed E-state index contributed by atoms with van der Waals surface area (Å²) in [6.07, 6.45) is 0. The Kier molecular flexibility index (Phi) is 4.01. The minimum atomic E-state index is -2.81. The number of halogens is 3. The summed E-state index contributed by atoms with van der Waals surface area (Å²) in [5.41, 5.74) is 0.0350. The smallest absolute Gasteiger partial charge is 0.285 e. The zero-order valence-corrected chi connectivity index (χ0v) is 9.44. The summed E-state index contributed by atoms with van der Waals surface area (Å²) in [5.74, 6) is -2.81. The molecule has 0 unspecified atom stereocenters. The highest BCUT2D eigenvalue weighted by atomic mass is 79.9. The predicted molar refractivity (Wildman–Crippen MR) is 56.6 cm³/mol. The van der Waals surface area contributed by atoms with E-state index in [9.17, 15) is 8.78 Å². The topological polar surface area (TPSA) is 12.0 Å². The fraction of sp³-hybridized carbons (Fsp3) is 0.400. The molecule has 1 nitrogen and oxygen atoms in total. The van der Waals surface area contributed by atoms with Crippen molar-refractivity contribution in [3.05, 3.63) is 34.3 Å². The van der Waals surface area contributed by atoms with Crippen LogP contribution in [0.4, 0.5) is 8.78 Å². The first-order valence-corrected chi connectivity index (χ1v) is 5.20. The van der Waals surface area contributed by atoms with Crippen molar-refractivity contribution in [2.75, 3.05) is 13.1 Å². The Balaban J connectivity index is 2.80. The van der Waals surface area contributed by atoms with Gasteiger partial charge in [-0.1, -0.05) is 35.0 Å². The van der Waals surface area contributed by atoms with Gasteiger partial charge < -0.3 is 5.32 Å². The first-order chi connectivity index (χ1) is 6.56. The van der Waals surface area contributed by atoms with Crippen LogP contribution >= 0.6 is 15.9 Å². The molecule has 0 atom stereocenters. The van der Waals surface area contributed by atoms with Gasteiger partial charge in [-0.05, 0) is 18.7 Å². The maximum absolute atomic E-state index is 13.4. The Hall–Kier alpha value is -0.480. The molecule has 0 aliphatic rings. The Morgan fingerprint density at radius 1 is 1.43 bits per heavy atom. The molecule has 1 aromatic rings. The molecule has 0 saturated heterocycles. The lowest BCUT2D eigenvalue weighted by Crippen LogP contribution is -2.30. The molecule has 0 spiro atoms. The molecule has 0 aromatic heterocycles. The van der Waals surface area contributed by atoms with Gasteiger partial charge >= 0.3 is 0 Å². The number of alkyl halides is 2. The van der Waals surface area contributed by atoms with Crippen molar-refractivity contribution < 1.29 is 8.78 Å². The summed E-state index contributed by atoms with van der Waals surface area (Å²) in [6.45, 7) is 2.03. The third-order valence-electron chi connectivity index (χ3n) is 1.84. The van der Waals surface area contributed by atoms with Crippen LogP contribution in [0.3, 0.4) is 0 Å². The van der Waals surface area contributed by atoms with Gasteiger partial charge in [0.25, 0.3) is 5.92 Å². The Morgan fingerprint density at radius 3 is 2.71 bits per heavy atom. The van der Waals surface area contributed by atoms with Gasteiger partial charge in [-0.15, -0.1) is 0 Å². The number of hydrogen-bond acceptors (Lipinski definition) is 1. The van der Waals surface area contributed by atoms with E-state index in [4.69, 9.17) is 0 Å². The van der Waals surface area contributed by atoms with E-state index in [2.05, 4.69) is 21.2 Å². The van der Waals surface area contributed by atoms with Gasteiger partial charge in [0.2, 0.25) is 0 Å². The molecule has 0 fully saturated rings. The number of hydrogen-bond donors (Lipinski definition) is 1. The average molecular weight is 264 g/mol. The van der Waals surface area contributed by atoms with E-state index in [1.807, 2.05) is 0 Å². The molecule has 78 valence electrons. The molecule has 0 radical (unpaired) electrons. The lowest BCUT2D eigenvalue weighted by Gasteiger charge is -2.17. The van der Waals surface area contributed by atoms with Crippen LogP contribution in [0, 0.1) is 0 Å². The first kappa shape index (κ1) is 11.6. The third-order valence-corrected chi connectivity index (χ3v) is 2.34. The second-order valence-corrected chi connectivity index (χ2v) is 3.91. The Morgan fingerprint density at radius 2 is 2.14 bits per heavy atom. The van der Waals surface area contributed by atoms with Gasteiger partial charge in [-0.2, -0.15) is 8.78 Å². The summed E-state index contributed by atoms with van der Waals surface area (Å²) in [5, 5.41) is 2.64. The van der Waals surface area contributed by atoms with Crippen LogP contribution in [-0.2, 0) is 5.92 Å². The maximum atomic E-state index is 13.4. The summed E-state index contributed by atoms with van der Waals surface area (Å²) in [7, 11) is 0. The van der Waals surface area contributed by atoms with Gasteiger partial charge in [-0.3, -0.25) is 0 Å². The molecule has 0 heterocycles. The van der Waals surface area contributed by atoms with Crippen molar-refractivity contribution in [1.82, 2.24) is 5.32 Å². The lowest BCUT2D eigenvalue weighted by atomic mass is 10.1. The van der Waals surface area contributed by atoms with Gasteiger partial charge in [0, 0.05) is 10.0 Å². The van der Waals surface area contributed by atoms with Crippen molar-refractivity contribution in [2.45, 2.75) is 12.8 Å². The second kappa shape index (κ2) is 4.84. The average Bonchev–Trinajstić information content (AvgIpc) is 2.15. The maximum Gasteiger partial charge on any atom is 0.285 e. The summed E-state index contributed by atoms with van der Waals surface area (Å²) in [6, 6.07) is 6.21. The van der Waals surface area contributed by atoms with Crippen LogP contribution in [0.25, 0.3) is 0 Å². The van der Waals surface area contributed by atoms with Gasteiger partial charge in [0.05, 0.1) is 6.54 Å². The van der Waals surface area contributed by atoms with E-state index < -0.39 is 5.92 Å². The van der Waals surface area contributed by atoms with E-state index in [1.54, 1.807) is 19.1 Å². The Labute approximate surface area is 90.6 Å². The summed E-state index contributed by atoms with van der Waals surface area (Å²) < 4.78 is 27.6. The van der Waals surface area contributed by atoms with Gasteiger partial charge in [-0.25, -0.2) is 0 Å². The fourth-order valence-electron chi connectivity index (χ4n) is 1.10. The predicted octanol–water partition coefficient (Wildman–Crippen LogP) is 3.15. The molecule has 0 saturated carbocycles. The summed E-state index contributed by atoms with van der Waals surface area (Å²) >= 11 is 3.17. The standard InChI is InChI=1S/C10H12BrF2N/c1-2-14-7-10(12,13)8-4-3-5-9(11)6-8/h3-6,14H,2,7H2,1H3. The SMILES string of the molecule is CCNCC(F)(F)c1cccc(Br)c1. The fourth-order valence-corrected chi connectivity index (χ4v) is 1.50. The highest BCUT2D eigenvalue weighted by Gasteiger charge is 2.30. The molecule has 0 bridgehead atoms. The van der Waals surface area contributed by atoms with E-state index >= 15 is 0 Å². The van der Waals surface area contributed by atoms with E-state index in [1.165, 1.54) is 12.1 Å². The molecule has 0 amide bonds. The molecule has 1 N–H and O–H groups in total. The molecule has 14 heavy (non-hydrogen) atoms. The zero-order valence-electron chi connectivity index (χ0n) is 7.86. The van der Waals surface area contributed by atoms with Crippen molar-refractivity contribution in [1.29, 1.82) is 0 Å². The normalized spacial score (nSPS) is 11.7. The molecule has 1 rings (SSSR count). The lowest BCUT2D eigenvalue weighted by molar-refractivity contribution is -0.00265. The van der Waals surface area contributed by atoms with Crippen molar-refractivity contribution >= 4 is 15.9 Å². The van der Waals surface area contributed by atoms with Crippen LogP contribution in [0.1, 0.15) is 12.5 Å². The van der Waals surface area contributed by atoms with Gasteiger partial charge in [0.1, 0.15) is 0 Å². The highest BCUT2D eigenvalue weighted by molar-refractivity contribution is 9.10. The van der Waals surface area contributed by atoms with Crippen molar-refractivity contribution in [3.8, 4) is 0 Å². The van der Waals surface area contributed by atoms with E-state index in [0.29, 0.717) is 11.0 Å². The van der Waals surface area contributed by atoms with Crippen LogP contribution in [0.5, 0.6) is 0 Å². The molecular formula is C10H12BrF2N. The second-order valence-electron chi connectivity index (χ2n) is 3.00. The number of rotatable bonds is 4. The van der Waals surface area contributed by atoms with Crippen LogP contribution < -0.4 is 5.32 Å². The quantitative estimate of drug-likeness (QED) is 0.880. The molecule has 0 aliphatic heterocycles. The number of nitrogens with one attached hydrogen (secondary N) is 1. The van der Waals surface area contributed by atoms with Crippen molar-refractivity contribution in [3.63, 3.8) is 0 Å². The number of likely N-dealkylation sites (N-methyl/N-ethyl adjacent to an activating group) is 1. The molecule has 1 aromatic carbocycles. The highest BCUT2D eigenvalue weighted by Crippen LogP contribution is 2.28. The largest absolute Gasteiger partial charge is 0.311 e. The molecular weight excluding hydrogens is 252 g/mol.